The molecular weight excluding hydrogens is 584 g/mol. The van der Waals surface area contributed by atoms with E-state index in [1.165, 1.54) is 64.2 Å². The molecule has 0 spiro atoms. The van der Waals surface area contributed by atoms with E-state index in [1.54, 1.807) is 0 Å². The van der Waals surface area contributed by atoms with Gasteiger partial charge in [-0.05, 0) is 12.8 Å². The second kappa shape index (κ2) is 26.7. The van der Waals surface area contributed by atoms with Gasteiger partial charge in [0, 0.05) is 12.8 Å². The van der Waals surface area contributed by atoms with Crippen molar-refractivity contribution >= 4 is 11.9 Å². The maximum Gasteiger partial charge on any atom is 0.306 e. The molecule has 0 unspecified atom stereocenters. The SMILES string of the molecule is CCCCCCCCCCCC(=O)O[C@@H]1[C@H](OC[C@H](O)[C@H](O)CO)O[C@H](CO)[C@@H](O)[C@@H]1OC(=O)CCCCCCCCCCC. The third kappa shape index (κ3) is 18.6. The van der Waals surface area contributed by atoms with Crippen molar-refractivity contribution in [1.29, 1.82) is 0 Å². The van der Waals surface area contributed by atoms with Crippen LogP contribution in [0.4, 0.5) is 0 Å². The molecule has 0 radical (unpaired) electrons. The van der Waals surface area contributed by atoms with Crippen LogP contribution >= 0.6 is 0 Å². The molecule has 0 bridgehead atoms. The van der Waals surface area contributed by atoms with E-state index in [4.69, 9.17) is 24.1 Å². The molecule has 1 aliphatic rings. The standard InChI is InChI=1S/C34H64O11/c1-3-5-7-9-11-13-15-17-19-21-29(39)44-32-31(41)28(24-36)43-34(42-25-27(38)26(37)23-35)33(32)45-30(40)22-20-18-16-14-12-10-8-6-4-2/h26-28,31-38,41H,3-25H2,1-2H3/t26-,27+,28-,31-,32+,33+,34-/m1/s1. The average molecular weight is 649 g/mol. The van der Waals surface area contributed by atoms with Crippen LogP contribution in [0.25, 0.3) is 0 Å². The van der Waals surface area contributed by atoms with Gasteiger partial charge in [-0.15, -0.1) is 0 Å². The maximum atomic E-state index is 12.9. The number of hydrogen-bond acceptors (Lipinski definition) is 11. The molecule has 0 aliphatic carbocycles. The van der Waals surface area contributed by atoms with Crippen LogP contribution in [0.2, 0.25) is 0 Å². The van der Waals surface area contributed by atoms with Gasteiger partial charge in [-0.3, -0.25) is 9.59 Å². The Labute approximate surface area is 271 Å². The third-order valence-corrected chi connectivity index (χ3v) is 8.36. The number of ether oxygens (including phenoxy) is 4. The topological polar surface area (TPSA) is 172 Å². The predicted octanol–water partition coefficient (Wildman–Crippen LogP) is 4.46. The van der Waals surface area contributed by atoms with E-state index in [-0.39, 0.29) is 12.8 Å². The fourth-order valence-electron chi connectivity index (χ4n) is 5.44. The lowest BCUT2D eigenvalue weighted by Gasteiger charge is -2.43. The zero-order valence-corrected chi connectivity index (χ0v) is 28.0. The molecule has 7 atom stereocenters. The molecule has 266 valence electrons. The summed E-state index contributed by atoms with van der Waals surface area (Å²) in [5, 5.41) is 49.7. The first-order valence-electron chi connectivity index (χ1n) is 17.7. The highest BCUT2D eigenvalue weighted by Gasteiger charge is 2.50. The van der Waals surface area contributed by atoms with Crippen LogP contribution in [0, 0.1) is 0 Å². The van der Waals surface area contributed by atoms with Crippen molar-refractivity contribution in [3.05, 3.63) is 0 Å². The molecule has 0 aromatic heterocycles. The minimum atomic E-state index is -1.50. The Kier molecular flexibility index (Phi) is 24.7. The normalized spacial score (nSPS) is 23.0. The molecule has 0 saturated carbocycles. The molecule has 45 heavy (non-hydrogen) atoms. The highest BCUT2D eigenvalue weighted by molar-refractivity contribution is 5.70. The van der Waals surface area contributed by atoms with E-state index in [1.807, 2.05) is 0 Å². The van der Waals surface area contributed by atoms with Crippen molar-refractivity contribution in [1.82, 2.24) is 0 Å². The van der Waals surface area contributed by atoms with E-state index in [0.717, 1.165) is 38.5 Å². The van der Waals surface area contributed by atoms with Crippen molar-refractivity contribution in [2.24, 2.45) is 0 Å². The highest BCUT2D eigenvalue weighted by Crippen LogP contribution is 2.28. The van der Waals surface area contributed by atoms with Crippen molar-refractivity contribution in [3.63, 3.8) is 0 Å². The van der Waals surface area contributed by atoms with Crippen LogP contribution < -0.4 is 0 Å². The van der Waals surface area contributed by atoms with E-state index in [0.29, 0.717) is 12.8 Å². The lowest BCUT2D eigenvalue weighted by atomic mass is 9.98. The number of hydrogen-bond donors (Lipinski definition) is 5. The Balaban J connectivity index is 2.75. The molecular formula is C34H64O11. The van der Waals surface area contributed by atoms with E-state index >= 15 is 0 Å². The van der Waals surface area contributed by atoms with Crippen LogP contribution in [-0.2, 0) is 28.5 Å². The number of carbonyl (C=O) groups is 2. The molecule has 11 nitrogen and oxygen atoms in total. The molecule has 1 rings (SSSR count). The Bertz CT molecular complexity index is 737. The van der Waals surface area contributed by atoms with Crippen LogP contribution in [0.1, 0.15) is 142 Å². The molecule has 1 aliphatic heterocycles. The fraction of sp³-hybridized carbons (Fsp3) is 0.941. The van der Waals surface area contributed by atoms with Crippen LogP contribution in [0.15, 0.2) is 0 Å². The van der Waals surface area contributed by atoms with Gasteiger partial charge < -0.3 is 44.5 Å². The molecule has 1 saturated heterocycles. The Morgan fingerprint density at radius 3 is 1.49 bits per heavy atom. The van der Waals surface area contributed by atoms with Crippen LogP contribution in [0.3, 0.4) is 0 Å². The smallest absolute Gasteiger partial charge is 0.306 e. The first-order chi connectivity index (χ1) is 21.8. The second-order valence-electron chi connectivity index (χ2n) is 12.4. The fourth-order valence-corrected chi connectivity index (χ4v) is 5.44. The second-order valence-corrected chi connectivity index (χ2v) is 12.4. The van der Waals surface area contributed by atoms with Gasteiger partial charge in [-0.2, -0.15) is 0 Å². The summed E-state index contributed by atoms with van der Waals surface area (Å²) in [4.78, 5) is 25.7. The monoisotopic (exact) mass is 648 g/mol. The van der Waals surface area contributed by atoms with E-state index in [9.17, 15) is 30.0 Å². The zero-order valence-electron chi connectivity index (χ0n) is 28.0. The van der Waals surface area contributed by atoms with Gasteiger partial charge in [-0.25, -0.2) is 0 Å². The summed E-state index contributed by atoms with van der Waals surface area (Å²) in [5.74, 6) is -1.15. The summed E-state index contributed by atoms with van der Waals surface area (Å²) in [7, 11) is 0. The number of rotatable bonds is 28. The van der Waals surface area contributed by atoms with Gasteiger partial charge in [0.25, 0.3) is 0 Å². The minimum absolute atomic E-state index is 0.115. The quantitative estimate of drug-likeness (QED) is 0.0599. The molecule has 11 heteroatoms. The van der Waals surface area contributed by atoms with Crippen LogP contribution in [0.5, 0.6) is 0 Å². The number of esters is 2. The minimum Gasteiger partial charge on any atom is -0.455 e. The van der Waals surface area contributed by atoms with Crippen molar-refractivity contribution in [3.8, 4) is 0 Å². The molecule has 0 aromatic carbocycles. The van der Waals surface area contributed by atoms with Gasteiger partial charge in [-0.1, -0.05) is 117 Å². The number of carbonyl (C=O) groups excluding carboxylic acids is 2. The van der Waals surface area contributed by atoms with Gasteiger partial charge in [0.2, 0.25) is 0 Å². The first kappa shape index (κ1) is 41.7. The number of aliphatic hydroxyl groups is 5. The molecule has 0 amide bonds. The molecule has 1 fully saturated rings. The summed E-state index contributed by atoms with van der Waals surface area (Å²) in [6.45, 7) is 2.54. The maximum absolute atomic E-state index is 12.9. The van der Waals surface area contributed by atoms with Crippen LogP contribution in [-0.4, -0.2) is 100 Å². The van der Waals surface area contributed by atoms with E-state index < -0.39 is 74.7 Å². The third-order valence-electron chi connectivity index (χ3n) is 8.36. The average Bonchev–Trinajstić information content (AvgIpc) is 3.03. The Morgan fingerprint density at radius 2 is 1.07 bits per heavy atom. The summed E-state index contributed by atoms with van der Waals surface area (Å²) in [5.41, 5.74) is 0. The number of aliphatic hydroxyl groups excluding tert-OH is 5. The highest BCUT2D eigenvalue weighted by atomic mass is 16.7. The lowest BCUT2D eigenvalue weighted by molar-refractivity contribution is -0.311. The lowest BCUT2D eigenvalue weighted by Crippen LogP contribution is -2.62. The molecule has 5 N–H and O–H groups in total. The molecule has 1 heterocycles. The van der Waals surface area contributed by atoms with Gasteiger partial charge in [0.05, 0.1) is 19.8 Å². The summed E-state index contributed by atoms with van der Waals surface area (Å²) >= 11 is 0. The predicted molar refractivity (Wildman–Crippen MR) is 170 cm³/mol. The molecule has 0 aromatic rings. The largest absolute Gasteiger partial charge is 0.455 e. The van der Waals surface area contributed by atoms with Gasteiger partial charge >= 0.3 is 11.9 Å². The van der Waals surface area contributed by atoms with E-state index in [2.05, 4.69) is 13.8 Å². The summed E-state index contributed by atoms with van der Waals surface area (Å²) in [6, 6.07) is 0. The first-order valence-corrected chi connectivity index (χ1v) is 17.7. The van der Waals surface area contributed by atoms with Gasteiger partial charge in [0.15, 0.2) is 18.5 Å². The van der Waals surface area contributed by atoms with Gasteiger partial charge in [0.1, 0.15) is 24.4 Å². The number of unbranched alkanes of at least 4 members (excludes halogenated alkanes) is 16. The Hall–Kier alpha value is -1.34. The van der Waals surface area contributed by atoms with Crippen molar-refractivity contribution < 1.29 is 54.1 Å². The Morgan fingerprint density at radius 1 is 0.644 bits per heavy atom. The summed E-state index contributed by atoms with van der Waals surface area (Å²) < 4.78 is 22.6. The van der Waals surface area contributed by atoms with Crippen molar-refractivity contribution in [2.75, 3.05) is 19.8 Å². The zero-order chi connectivity index (χ0) is 33.3. The summed E-state index contributed by atoms with van der Waals surface area (Å²) in [6.07, 6.45) is 9.84. The van der Waals surface area contributed by atoms with Crippen molar-refractivity contribution in [2.45, 2.75) is 185 Å².